The molecule has 0 aromatic heterocycles. The summed E-state index contributed by atoms with van der Waals surface area (Å²) in [6, 6.07) is 1.64. The second-order valence-corrected chi connectivity index (χ2v) is 8.51. The average Bonchev–Trinajstić information content (AvgIpc) is 3.13. The predicted octanol–water partition coefficient (Wildman–Crippen LogP) is 4.12. The van der Waals surface area contributed by atoms with E-state index in [0.717, 1.165) is 25.0 Å². The van der Waals surface area contributed by atoms with Crippen molar-refractivity contribution in [1.29, 1.82) is 0 Å². The summed E-state index contributed by atoms with van der Waals surface area (Å²) in [6.07, 6.45) is 1.84. The Balaban J connectivity index is 2.30. The van der Waals surface area contributed by atoms with Crippen LogP contribution < -0.4 is 4.72 Å². The molecule has 0 amide bonds. The zero-order valence-corrected chi connectivity index (χ0v) is 13.2. The summed E-state index contributed by atoms with van der Waals surface area (Å²) in [5, 5.41) is -0.238. The van der Waals surface area contributed by atoms with Crippen LogP contribution in [0.25, 0.3) is 0 Å². The van der Waals surface area contributed by atoms with Crippen molar-refractivity contribution in [2.45, 2.75) is 44.4 Å². The van der Waals surface area contributed by atoms with Crippen LogP contribution in [0, 0.1) is 17.6 Å². The van der Waals surface area contributed by atoms with E-state index in [4.69, 9.17) is 11.6 Å². The van der Waals surface area contributed by atoms with E-state index >= 15 is 0 Å². The van der Waals surface area contributed by atoms with Gasteiger partial charge in [0.2, 0.25) is 0 Å². The van der Waals surface area contributed by atoms with Crippen LogP contribution in [0.15, 0.2) is 12.1 Å². The summed E-state index contributed by atoms with van der Waals surface area (Å²) in [5.74, 6) is -1.03. The molecule has 1 aliphatic rings. The van der Waals surface area contributed by atoms with E-state index < -0.39 is 33.4 Å². The Bertz CT molecular complexity index is 541. The van der Waals surface area contributed by atoms with Crippen LogP contribution in [0.4, 0.5) is 8.78 Å². The third-order valence-electron chi connectivity index (χ3n) is 3.26. The lowest BCUT2D eigenvalue weighted by molar-refractivity contribution is 0.510. The van der Waals surface area contributed by atoms with Crippen LogP contribution in [-0.4, -0.2) is 8.96 Å². The van der Waals surface area contributed by atoms with Gasteiger partial charge in [-0.3, -0.25) is 0 Å². The molecule has 0 radical (unpaired) electrons. The Labute approximate surface area is 125 Å². The summed E-state index contributed by atoms with van der Waals surface area (Å²) < 4.78 is 42.3. The lowest BCUT2D eigenvalue weighted by atomic mass is 10.0. The molecule has 20 heavy (non-hydrogen) atoms. The molecule has 1 aromatic carbocycles. The first-order valence-electron chi connectivity index (χ1n) is 6.52. The number of hydrogen-bond donors (Lipinski definition) is 1. The number of halogens is 3. The first-order valence-corrected chi connectivity index (χ1v) is 8.05. The molecule has 6 heteroatoms. The van der Waals surface area contributed by atoms with Crippen molar-refractivity contribution >= 4 is 22.6 Å². The molecule has 0 saturated heterocycles. The summed E-state index contributed by atoms with van der Waals surface area (Å²) in [4.78, 5) is 0. The number of rotatable bonds is 4. The van der Waals surface area contributed by atoms with Gasteiger partial charge in [-0.25, -0.2) is 17.7 Å². The fourth-order valence-corrected chi connectivity index (χ4v) is 2.97. The van der Waals surface area contributed by atoms with Crippen molar-refractivity contribution in [1.82, 2.24) is 4.72 Å². The maximum atomic E-state index is 14.0. The highest BCUT2D eigenvalue weighted by molar-refractivity contribution is 7.84. The molecule has 1 aromatic rings. The third kappa shape index (κ3) is 3.57. The highest BCUT2D eigenvalue weighted by Crippen LogP contribution is 2.43. The standard InChI is InChI=1S/C14H18ClF2NOS/c1-14(2,3)20(19)18-13(8-4-5-8)9-6-12(17)10(15)7-11(9)16/h6-8,13,18H,4-5H2,1-3H3/t13-,20+/m1/s1. The van der Waals surface area contributed by atoms with Crippen LogP contribution in [0.2, 0.25) is 5.02 Å². The van der Waals surface area contributed by atoms with Crippen LogP contribution in [0.1, 0.15) is 45.2 Å². The SMILES string of the molecule is CC(C)(C)[S@](=O)N[C@@H](c1cc(F)c(Cl)cc1F)C1CC1. The Morgan fingerprint density at radius 2 is 1.90 bits per heavy atom. The van der Waals surface area contributed by atoms with Crippen molar-refractivity contribution in [2.24, 2.45) is 5.92 Å². The van der Waals surface area contributed by atoms with Crippen LogP contribution in [-0.2, 0) is 11.0 Å². The van der Waals surface area contributed by atoms with E-state index in [1.165, 1.54) is 0 Å². The average molecular weight is 322 g/mol. The summed E-state index contributed by atoms with van der Waals surface area (Å²) in [5.41, 5.74) is 0.201. The van der Waals surface area contributed by atoms with Gasteiger partial charge in [0.1, 0.15) is 11.6 Å². The molecule has 112 valence electrons. The molecule has 2 atom stereocenters. The highest BCUT2D eigenvalue weighted by Gasteiger charge is 2.37. The monoisotopic (exact) mass is 321 g/mol. The molecular formula is C14H18ClF2NOS. The van der Waals surface area contributed by atoms with Gasteiger partial charge in [-0.05, 0) is 51.7 Å². The molecule has 2 rings (SSSR count). The highest BCUT2D eigenvalue weighted by atomic mass is 35.5. The van der Waals surface area contributed by atoms with Gasteiger partial charge in [0, 0.05) is 5.56 Å². The molecular weight excluding hydrogens is 304 g/mol. The number of nitrogens with one attached hydrogen (secondary N) is 1. The van der Waals surface area contributed by atoms with Crippen molar-refractivity contribution in [3.8, 4) is 0 Å². The first kappa shape index (κ1) is 15.9. The molecule has 1 N–H and O–H groups in total. The van der Waals surface area contributed by atoms with Gasteiger partial charge in [0.05, 0.1) is 26.8 Å². The van der Waals surface area contributed by atoms with E-state index in [1.54, 1.807) is 0 Å². The molecule has 1 saturated carbocycles. The van der Waals surface area contributed by atoms with E-state index in [-0.39, 0.29) is 16.5 Å². The lowest BCUT2D eigenvalue weighted by Crippen LogP contribution is -2.36. The predicted molar refractivity (Wildman–Crippen MR) is 77.9 cm³/mol. The van der Waals surface area contributed by atoms with Crippen LogP contribution in [0.5, 0.6) is 0 Å². The van der Waals surface area contributed by atoms with Crippen LogP contribution >= 0.6 is 11.6 Å². The molecule has 0 unspecified atom stereocenters. The molecule has 1 aliphatic carbocycles. The van der Waals surface area contributed by atoms with Gasteiger partial charge in [-0.2, -0.15) is 0 Å². The Morgan fingerprint density at radius 3 is 2.40 bits per heavy atom. The van der Waals surface area contributed by atoms with E-state index in [0.29, 0.717) is 0 Å². The largest absolute Gasteiger partial charge is 0.242 e. The summed E-state index contributed by atoms with van der Waals surface area (Å²) >= 11 is 5.57. The molecule has 0 aliphatic heterocycles. The first-order chi connectivity index (χ1) is 9.20. The number of hydrogen-bond acceptors (Lipinski definition) is 1. The van der Waals surface area contributed by atoms with Gasteiger partial charge >= 0.3 is 0 Å². The number of benzene rings is 1. The van der Waals surface area contributed by atoms with E-state index in [2.05, 4.69) is 4.72 Å². The summed E-state index contributed by atoms with van der Waals surface area (Å²) in [7, 11) is -1.34. The molecule has 0 spiro atoms. The zero-order chi connectivity index (χ0) is 15.1. The summed E-state index contributed by atoms with van der Waals surface area (Å²) in [6.45, 7) is 5.50. The quantitative estimate of drug-likeness (QED) is 0.830. The van der Waals surface area contributed by atoms with Crippen molar-refractivity contribution in [3.63, 3.8) is 0 Å². The van der Waals surface area contributed by atoms with Crippen molar-refractivity contribution < 1.29 is 13.0 Å². The smallest absolute Gasteiger partial charge is 0.142 e. The molecule has 1 fully saturated rings. The second-order valence-electron chi connectivity index (χ2n) is 6.10. The Hall–Kier alpha value is -0.520. The van der Waals surface area contributed by atoms with E-state index in [1.807, 2.05) is 20.8 Å². The topological polar surface area (TPSA) is 29.1 Å². The Morgan fingerprint density at radius 1 is 1.30 bits per heavy atom. The minimum atomic E-state index is -1.34. The van der Waals surface area contributed by atoms with E-state index in [9.17, 15) is 13.0 Å². The normalized spacial score (nSPS) is 18.9. The maximum absolute atomic E-state index is 14.0. The molecule has 2 nitrogen and oxygen atoms in total. The zero-order valence-electron chi connectivity index (χ0n) is 11.7. The fraction of sp³-hybridized carbons (Fsp3) is 0.571. The Kier molecular flexibility index (Phi) is 4.52. The molecule has 0 heterocycles. The van der Waals surface area contributed by atoms with Gasteiger partial charge < -0.3 is 0 Å². The lowest BCUT2D eigenvalue weighted by Gasteiger charge is -2.25. The minimum absolute atomic E-state index is 0.191. The van der Waals surface area contributed by atoms with Gasteiger partial charge in [0.15, 0.2) is 0 Å². The van der Waals surface area contributed by atoms with Gasteiger partial charge in [0.25, 0.3) is 0 Å². The second kappa shape index (κ2) is 5.70. The van der Waals surface area contributed by atoms with Crippen molar-refractivity contribution in [2.75, 3.05) is 0 Å². The van der Waals surface area contributed by atoms with Gasteiger partial charge in [-0.15, -0.1) is 0 Å². The van der Waals surface area contributed by atoms with Gasteiger partial charge in [-0.1, -0.05) is 11.6 Å². The minimum Gasteiger partial charge on any atom is -0.242 e. The fourth-order valence-electron chi connectivity index (χ4n) is 1.91. The maximum Gasteiger partial charge on any atom is 0.142 e. The van der Waals surface area contributed by atoms with Crippen molar-refractivity contribution in [3.05, 3.63) is 34.4 Å². The molecule has 0 bridgehead atoms. The van der Waals surface area contributed by atoms with Crippen LogP contribution in [0.3, 0.4) is 0 Å². The third-order valence-corrected chi connectivity index (χ3v) is 5.13.